The Hall–Kier alpha value is -5.45. The molecule has 3 N–H and O–H groups in total. The molecule has 338 valence electrons. The van der Waals surface area contributed by atoms with Crippen LogP contribution in [-0.2, 0) is 21.4 Å². The maximum absolute atomic E-state index is 13.5. The van der Waals surface area contributed by atoms with Gasteiger partial charge in [-0.15, -0.1) is 11.8 Å². The molecule has 1 saturated heterocycles. The molecule has 1 heterocycles. The van der Waals surface area contributed by atoms with Crippen molar-refractivity contribution in [3.05, 3.63) is 148 Å². The van der Waals surface area contributed by atoms with E-state index >= 15 is 0 Å². The smallest absolute Gasteiger partial charge is 0.303 e. The predicted molar refractivity (Wildman–Crippen MR) is 256 cm³/mol. The molecule has 64 heavy (non-hydrogen) atoms. The summed E-state index contributed by atoms with van der Waals surface area (Å²) < 4.78 is 29.1. The van der Waals surface area contributed by atoms with Gasteiger partial charge in [0.25, 0.3) is 21.6 Å². The Labute approximate surface area is 385 Å². The molecule has 1 unspecified atom stereocenters. The Morgan fingerprint density at radius 2 is 1.55 bits per heavy atom. The number of carboxylic acids is 1. The van der Waals surface area contributed by atoms with Crippen LogP contribution in [0.4, 0.5) is 17.1 Å². The van der Waals surface area contributed by atoms with Crippen LogP contribution in [0.15, 0.2) is 131 Å². The van der Waals surface area contributed by atoms with Crippen molar-refractivity contribution >= 4 is 62.3 Å². The van der Waals surface area contributed by atoms with Gasteiger partial charge in [0.05, 0.1) is 9.82 Å². The summed E-state index contributed by atoms with van der Waals surface area (Å²) in [4.78, 5) is 43.3. The minimum absolute atomic E-state index is 0.138. The van der Waals surface area contributed by atoms with Crippen LogP contribution < -0.4 is 14.9 Å². The Balaban J connectivity index is 1.04. The Morgan fingerprint density at radius 3 is 2.25 bits per heavy atom. The lowest BCUT2D eigenvalue weighted by atomic mass is 9.99. The van der Waals surface area contributed by atoms with Crippen molar-refractivity contribution < 1.29 is 28.0 Å². The SMILES string of the molecule is CN(CCCCCCC(=O)O)CCC(CSc1ccccc1)Nc1ccc(S(=O)(=O)NC(=O)c2ccc(N3CCN(Cc4ccccc4-c4ccc(Cl)cc4)CC3)cc2)cc1[N+](=O)[O-]. The summed E-state index contributed by atoms with van der Waals surface area (Å²) in [5.74, 6) is -1.03. The van der Waals surface area contributed by atoms with E-state index in [1.165, 1.54) is 23.3 Å². The number of benzene rings is 5. The highest BCUT2D eigenvalue weighted by molar-refractivity contribution is 7.99. The number of hydrogen-bond acceptors (Lipinski definition) is 11. The molecule has 0 saturated carbocycles. The van der Waals surface area contributed by atoms with E-state index in [-0.39, 0.29) is 23.7 Å². The number of halogens is 1. The molecule has 5 aromatic rings. The lowest BCUT2D eigenvalue weighted by molar-refractivity contribution is -0.384. The molecule has 0 radical (unpaired) electrons. The van der Waals surface area contributed by atoms with E-state index in [4.69, 9.17) is 16.7 Å². The van der Waals surface area contributed by atoms with E-state index in [0.717, 1.165) is 80.7 Å². The molecule has 5 aromatic carbocycles. The number of hydrogen-bond donors (Lipinski definition) is 3. The van der Waals surface area contributed by atoms with E-state index in [2.05, 4.69) is 42.9 Å². The van der Waals surface area contributed by atoms with Crippen LogP contribution in [0.2, 0.25) is 5.02 Å². The number of carbonyl (C=O) groups excluding carboxylic acids is 1. The molecule has 0 aromatic heterocycles. The summed E-state index contributed by atoms with van der Waals surface area (Å²) in [6, 6.07) is 36.2. The largest absolute Gasteiger partial charge is 0.481 e. The summed E-state index contributed by atoms with van der Waals surface area (Å²) in [7, 11) is -2.46. The number of amides is 1. The number of aliphatic carboxylic acids is 1. The highest BCUT2D eigenvalue weighted by Crippen LogP contribution is 2.31. The van der Waals surface area contributed by atoms with Crippen molar-refractivity contribution in [3.8, 4) is 11.1 Å². The second-order valence-corrected chi connectivity index (χ2v) is 19.2. The topological polar surface area (TPSA) is 165 Å². The summed E-state index contributed by atoms with van der Waals surface area (Å²) in [5, 5.41) is 25.2. The van der Waals surface area contributed by atoms with Crippen LogP contribution in [0.3, 0.4) is 0 Å². The van der Waals surface area contributed by atoms with Gasteiger partial charge in [-0.2, -0.15) is 0 Å². The van der Waals surface area contributed by atoms with Gasteiger partial charge in [0.1, 0.15) is 5.69 Å². The number of nitrogens with zero attached hydrogens (tertiary/aromatic N) is 4. The highest BCUT2D eigenvalue weighted by atomic mass is 35.5. The van der Waals surface area contributed by atoms with Crippen molar-refractivity contribution in [2.75, 3.05) is 62.3 Å². The van der Waals surface area contributed by atoms with Crippen LogP contribution in [0, 0.1) is 10.1 Å². The third-order valence-corrected chi connectivity index (χ3v) is 14.0. The fourth-order valence-corrected chi connectivity index (χ4v) is 9.73. The van der Waals surface area contributed by atoms with Crippen LogP contribution >= 0.6 is 23.4 Å². The first-order chi connectivity index (χ1) is 30.8. The molecular weight excluding hydrogens is 872 g/mol. The van der Waals surface area contributed by atoms with Crippen molar-refractivity contribution in [2.24, 2.45) is 0 Å². The first-order valence-corrected chi connectivity index (χ1v) is 24.3. The van der Waals surface area contributed by atoms with Gasteiger partial charge in [0.2, 0.25) is 0 Å². The second kappa shape index (κ2) is 23.5. The third kappa shape index (κ3) is 14.3. The normalized spacial score (nSPS) is 13.7. The van der Waals surface area contributed by atoms with E-state index in [1.54, 1.807) is 36.0 Å². The summed E-state index contributed by atoms with van der Waals surface area (Å²) in [5.41, 5.74) is 4.34. The molecular formula is C48H55ClN6O7S2. The number of carboxylic acid groups (broad SMARTS) is 1. The van der Waals surface area contributed by atoms with Crippen molar-refractivity contribution in [1.82, 2.24) is 14.5 Å². The first kappa shape index (κ1) is 48.0. The maximum Gasteiger partial charge on any atom is 0.303 e. The number of sulfonamides is 1. The Bertz CT molecular complexity index is 2440. The van der Waals surface area contributed by atoms with Gasteiger partial charge in [-0.25, -0.2) is 13.1 Å². The van der Waals surface area contributed by atoms with Crippen molar-refractivity contribution in [1.29, 1.82) is 0 Å². The number of nitro groups is 1. The molecule has 16 heteroatoms. The van der Waals surface area contributed by atoms with Gasteiger partial charge in [-0.3, -0.25) is 24.6 Å². The van der Waals surface area contributed by atoms with E-state index in [9.17, 15) is 28.1 Å². The number of nitrogens with one attached hydrogen (secondary N) is 2. The van der Waals surface area contributed by atoms with Crippen LogP contribution in [-0.4, -0.2) is 98.2 Å². The molecule has 6 rings (SSSR count). The first-order valence-electron chi connectivity index (χ1n) is 21.5. The zero-order valence-electron chi connectivity index (χ0n) is 35.9. The predicted octanol–water partition coefficient (Wildman–Crippen LogP) is 9.29. The van der Waals surface area contributed by atoms with Gasteiger partial charge in [0.15, 0.2) is 0 Å². The van der Waals surface area contributed by atoms with Gasteiger partial charge in [-0.1, -0.05) is 79.0 Å². The number of thioether (sulfide) groups is 1. The summed E-state index contributed by atoms with van der Waals surface area (Å²) in [6.07, 6.45) is 4.20. The monoisotopic (exact) mass is 926 g/mol. The standard InChI is InChI=1S/C48H55ClN6O7S2/c1-52(27-10-3-2-7-15-47(56)57)28-26-40(35-63-42-12-5-4-6-13-42)50-45-25-24-43(33-46(45)55(59)60)64(61,62)51-48(58)37-18-22-41(23-19-37)54-31-29-53(30-32-54)34-38-11-8-9-14-44(38)36-16-20-39(49)21-17-36/h4-6,8-9,11-14,16-25,33,40,50H,2-3,7,10,15,26-32,34-35H2,1H3,(H,51,58)(H,56,57). The Kier molecular flexibility index (Phi) is 17.6. The molecule has 0 spiro atoms. The molecule has 1 aliphatic rings. The molecule has 13 nitrogen and oxygen atoms in total. The van der Waals surface area contributed by atoms with Gasteiger partial charge in [0, 0.05) is 78.2 Å². The molecule has 1 amide bonds. The molecule has 0 aliphatic carbocycles. The van der Waals surface area contributed by atoms with E-state index < -0.39 is 37.4 Å². The zero-order valence-corrected chi connectivity index (χ0v) is 38.3. The quantitative estimate of drug-likeness (QED) is 0.0247. The van der Waals surface area contributed by atoms with Gasteiger partial charge < -0.3 is 20.2 Å². The van der Waals surface area contributed by atoms with Crippen molar-refractivity contribution in [2.45, 2.75) is 60.9 Å². The highest BCUT2D eigenvalue weighted by Gasteiger charge is 2.26. The van der Waals surface area contributed by atoms with Crippen LogP contribution in [0.5, 0.6) is 0 Å². The second-order valence-electron chi connectivity index (χ2n) is 16.0. The van der Waals surface area contributed by atoms with E-state index in [1.807, 2.05) is 67.7 Å². The minimum atomic E-state index is -4.47. The number of rotatable bonds is 23. The Morgan fingerprint density at radius 1 is 0.859 bits per heavy atom. The summed E-state index contributed by atoms with van der Waals surface area (Å²) in [6.45, 7) is 5.55. The number of piperazine rings is 1. The molecule has 0 bridgehead atoms. The van der Waals surface area contributed by atoms with E-state index in [0.29, 0.717) is 30.2 Å². The van der Waals surface area contributed by atoms with Gasteiger partial charge >= 0.3 is 5.97 Å². The van der Waals surface area contributed by atoms with Crippen molar-refractivity contribution in [3.63, 3.8) is 0 Å². The average Bonchev–Trinajstić information content (AvgIpc) is 3.29. The maximum atomic E-state index is 13.5. The molecule has 1 atom stereocenters. The average molecular weight is 928 g/mol. The molecule has 1 fully saturated rings. The molecule has 1 aliphatic heterocycles. The summed E-state index contributed by atoms with van der Waals surface area (Å²) >= 11 is 7.74. The number of anilines is 2. The minimum Gasteiger partial charge on any atom is -0.481 e. The lowest BCUT2D eigenvalue weighted by Gasteiger charge is -2.36. The lowest BCUT2D eigenvalue weighted by Crippen LogP contribution is -2.46. The van der Waals surface area contributed by atoms with Crippen LogP contribution in [0.25, 0.3) is 11.1 Å². The van der Waals surface area contributed by atoms with Gasteiger partial charge in [-0.05, 0) is 117 Å². The third-order valence-electron chi connectivity index (χ3n) is 11.2. The fraction of sp³-hybridized carbons (Fsp3) is 0.333. The number of carbonyl (C=O) groups is 2. The van der Waals surface area contributed by atoms with Crippen LogP contribution in [0.1, 0.15) is 54.4 Å². The zero-order chi connectivity index (χ0) is 45.5. The fourth-order valence-electron chi connectivity index (χ4n) is 7.62. The number of nitro benzene ring substituents is 1. The number of unbranched alkanes of at least 4 members (excludes halogenated alkanes) is 3.